The Hall–Kier alpha value is -2.58. The number of aldehydes is 2. The van der Waals surface area contributed by atoms with Gasteiger partial charge in [0.1, 0.15) is 0 Å². The van der Waals surface area contributed by atoms with Crippen LogP contribution in [-0.4, -0.2) is 65.2 Å². The normalized spacial score (nSPS) is 8.57. The summed E-state index contributed by atoms with van der Waals surface area (Å²) in [6.45, 7) is 0. The first-order chi connectivity index (χ1) is 10.9. The van der Waals surface area contributed by atoms with Crippen LogP contribution in [0.1, 0.15) is 41.4 Å². The van der Waals surface area contributed by atoms with Gasteiger partial charge in [-0.3, -0.25) is 9.59 Å². The van der Waals surface area contributed by atoms with E-state index in [9.17, 15) is 19.2 Å². The maximum absolute atomic E-state index is 11.3. The number of rotatable bonds is 4. The summed E-state index contributed by atoms with van der Waals surface area (Å²) in [5.74, 6) is -2.17. The molecule has 8 heteroatoms. The summed E-state index contributed by atoms with van der Waals surface area (Å²) in [6.07, 6.45) is 0.623. The van der Waals surface area contributed by atoms with Crippen molar-refractivity contribution in [2.75, 3.05) is 35.5 Å². The molecular weight excluding hydrogens is 308 g/mol. The second-order valence-corrected chi connectivity index (χ2v) is 3.88. The lowest BCUT2D eigenvalue weighted by atomic mass is 9.99. The quantitative estimate of drug-likeness (QED) is 0.650. The van der Waals surface area contributed by atoms with E-state index in [2.05, 4.69) is 14.2 Å². The van der Waals surface area contributed by atoms with E-state index in [1.165, 1.54) is 0 Å². The van der Waals surface area contributed by atoms with Gasteiger partial charge in [0.25, 0.3) is 0 Å². The first-order valence-electron chi connectivity index (χ1n) is 6.08. The van der Waals surface area contributed by atoms with Crippen LogP contribution in [0.2, 0.25) is 0 Å². The Bertz CT molecular complexity index is 535. The molecule has 1 aromatic rings. The number of esters is 1. The van der Waals surface area contributed by atoms with Crippen molar-refractivity contribution in [3.05, 3.63) is 34.4 Å². The van der Waals surface area contributed by atoms with Gasteiger partial charge < -0.3 is 19.3 Å². The number of methoxy groups -OCH3 is 3. The molecule has 0 unspecified atom stereocenters. The van der Waals surface area contributed by atoms with E-state index in [1.807, 2.05) is 0 Å². The van der Waals surface area contributed by atoms with Crippen molar-refractivity contribution in [2.24, 2.45) is 0 Å². The van der Waals surface area contributed by atoms with E-state index in [1.54, 1.807) is 28.4 Å². The van der Waals surface area contributed by atoms with Crippen molar-refractivity contribution in [3.8, 4) is 0 Å². The van der Waals surface area contributed by atoms with Crippen LogP contribution in [0.4, 0.5) is 0 Å². The molecule has 0 radical (unpaired) electrons. The average molecular weight is 328 g/mol. The summed E-state index contributed by atoms with van der Waals surface area (Å²) in [5.41, 5.74) is -0.812. The Morgan fingerprint density at radius 3 is 1.52 bits per heavy atom. The highest BCUT2D eigenvalue weighted by Crippen LogP contribution is 2.16. The van der Waals surface area contributed by atoms with E-state index in [-0.39, 0.29) is 22.3 Å². The number of carbonyl (C=O) groups excluding carboxylic acids is 3. The summed E-state index contributed by atoms with van der Waals surface area (Å²) in [6, 6.07) is 1.98. The molecule has 8 nitrogen and oxygen atoms in total. The lowest BCUT2D eigenvalue weighted by Gasteiger charge is -2.06. The van der Waals surface area contributed by atoms with Crippen LogP contribution < -0.4 is 0 Å². The molecule has 128 valence electrons. The molecule has 0 fully saturated rings. The van der Waals surface area contributed by atoms with Crippen LogP contribution in [0.3, 0.4) is 0 Å². The molecule has 0 amide bonds. The van der Waals surface area contributed by atoms with Gasteiger partial charge in [0.2, 0.25) is 0 Å². The van der Waals surface area contributed by atoms with Gasteiger partial charge in [-0.2, -0.15) is 0 Å². The zero-order valence-electron chi connectivity index (χ0n) is 13.6. The van der Waals surface area contributed by atoms with Crippen LogP contribution in [0.25, 0.3) is 0 Å². The summed E-state index contributed by atoms with van der Waals surface area (Å²) in [4.78, 5) is 43.5. The molecule has 0 aromatic heterocycles. The summed E-state index contributed by atoms with van der Waals surface area (Å²) >= 11 is 0. The van der Waals surface area contributed by atoms with E-state index in [4.69, 9.17) is 5.11 Å². The maximum atomic E-state index is 11.3. The highest BCUT2D eigenvalue weighted by Gasteiger charge is 2.18. The van der Waals surface area contributed by atoms with Gasteiger partial charge >= 0.3 is 11.9 Å². The Labute approximate surface area is 134 Å². The number of ether oxygens (including phenoxy) is 3. The smallest absolute Gasteiger partial charge is 0.338 e. The minimum absolute atomic E-state index is 0.139. The van der Waals surface area contributed by atoms with E-state index in [0.717, 1.165) is 19.2 Å². The SMILES string of the molecule is COC.COC.COC(=O)c1cc(C=O)c(C(=O)O)cc1C=O. The summed E-state index contributed by atoms with van der Waals surface area (Å²) in [7, 11) is 7.61. The first-order valence-corrected chi connectivity index (χ1v) is 6.08. The third-order valence-electron chi connectivity index (χ3n) is 2.11. The lowest BCUT2D eigenvalue weighted by molar-refractivity contribution is 0.0596. The van der Waals surface area contributed by atoms with Crippen LogP contribution in [0, 0.1) is 0 Å². The second-order valence-electron chi connectivity index (χ2n) is 3.88. The van der Waals surface area contributed by atoms with Gasteiger partial charge in [0.15, 0.2) is 12.6 Å². The topological polar surface area (TPSA) is 116 Å². The maximum Gasteiger partial charge on any atom is 0.338 e. The van der Waals surface area contributed by atoms with E-state index in [0.29, 0.717) is 12.6 Å². The molecule has 1 aromatic carbocycles. The highest BCUT2D eigenvalue weighted by atomic mass is 16.5. The molecular formula is C15H20O8. The summed E-state index contributed by atoms with van der Waals surface area (Å²) < 4.78 is 12.9. The van der Waals surface area contributed by atoms with Gasteiger partial charge in [-0.25, -0.2) is 9.59 Å². The van der Waals surface area contributed by atoms with Gasteiger partial charge in [0, 0.05) is 39.6 Å². The van der Waals surface area contributed by atoms with Crippen molar-refractivity contribution < 1.29 is 38.5 Å². The first kappa shape index (κ1) is 22.7. The Balaban J connectivity index is 0. The van der Waals surface area contributed by atoms with Crippen molar-refractivity contribution in [1.82, 2.24) is 0 Å². The molecule has 1 N–H and O–H groups in total. The number of hydrogen-bond donors (Lipinski definition) is 1. The zero-order valence-corrected chi connectivity index (χ0v) is 13.6. The largest absolute Gasteiger partial charge is 0.478 e. The minimum Gasteiger partial charge on any atom is -0.478 e. The van der Waals surface area contributed by atoms with Crippen LogP contribution >= 0.6 is 0 Å². The van der Waals surface area contributed by atoms with Gasteiger partial charge in [0.05, 0.1) is 18.2 Å². The minimum atomic E-state index is -1.35. The van der Waals surface area contributed by atoms with Crippen molar-refractivity contribution in [2.45, 2.75) is 0 Å². The average Bonchev–Trinajstić information content (AvgIpc) is 2.54. The molecule has 0 heterocycles. The van der Waals surface area contributed by atoms with Gasteiger partial charge in [-0.15, -0.1) is 0 Å². The second kappa shape index (κ2) is 13.1. The van der Waals surface area contributed by atoms with Crippen molar-refractivity contribution in [1.29, 1.82) is 0 Å². The Morgan fingerprint density at radius 2 is 1.22 bits per heavy atom. The standard InChI is InChI=1S/C11H8O6.2C2H6O/c1-17-11(16)9-3-6(4-12)8(10(14)15)2-7(9)5-13;2*1-3-2/h2-5H,1H3,(H,14,15);2*1-2H3. The predicted molar refractivity (Wildman–Crippen MR) is 81.4 cm³/mol. The monoisotopic (exact) mass is 328 g/mol. The van der Waals surface area contributed by atoms with Crippen molar-refractivity contribution in [3.63, 3.8) is 0 Å². The molecule has 0 saturated heterocycles. The number of benzene rings is 1. The molecule has 1 rings (SSSR count). The van der Waals surface area contributed by atoms with Crippen LogP contribution in [0.5, 0.6) is 0 Å². The summed E-state index contributed by atoms with van der Waals surface area (Å²) in [5, 5.41) is 8.81. The van der Waals surface area contributed by atoms with Gasteiger partial charge in [-0.05, 0) is 12.1 Å². The molecule has 0 aliphatic rings. The zero-order chi connectivity index (χ0) is 18.4. The van der Waals surface area contributed by atoms with Crippen LogP contribution in [0.15, 0.2) is 12.1 Å². The molecule has 0 aliphatic carbocycles. The fourth-order valence-electron chi connectivity index (χ4n) is 1.30. The fourth-order valence-corrected chi connectivity index (χ4v) is 1.30. The van der Waals surface area contributed by atoms with E-state index >= 15 is 0 Å². The molecule has 0 spiro atoms. The van der Waals surface area contributed by atoms with Crippen molar-refractivity contribution >= 4 is 24.5 Å². The Morgan fingerprint density at radius 1 is 0.870 bits per heavy atom. The Kier molecular flexibility index (Phi) is 12.9. The molecule has 0 bridgehead atoms. The number of hydrogen-bond acceptors (Lipinski definition) is 7. The number of carbonyl (C=O) groups is 4. The molecule has 23 heavy (non-hydrogen) atoms. The predicted octanol–water partition coefficient (Wildman–Crippen LogP) is 1.32. The van der Waals surface area contributed by atoms with E-state index < -0.39 is 11.9 Å². The molecule has 0 aliphatic heterocycles. The van der Waals surface area contributed by atoms with Crippen LogP contribution in [-0.2, 0) is 14.2 Å². The van der Waals surface area contributed by atoms with Gasteiger partial charge in [-0.1, -0.05) is 0 Å². The third kappa shape index (κ3) is 7.84. The number of aromatic carboxylic acids is 1. The number of carboxylic acid groups (broad SMARTS) is 1. The molecule has 0 saturated carbocycles. The fraction of sp³-hybridized carbons (Fsp3) is 0.333. The number of carboxylic acids is 1. The molecule has 0 atom stereocenters. The third-order valence-corrected chi connectivity index (χ3v) is 2.11. The highest BCUT2D eigenvalue weighted by molar-refractivity contribution is 6.05. The lowest BCUT2D eigenvalue weighted by Crippen LogP contribution is -2.10.